The normalized spacial score (nSPS) is 5.00. The molecule has 0 heterocycles. The van der Waals surface area contributed by atoms with Crippen LogP contribution in [-0.4, -0.2) is 26.7 Å². The molecule has 0 aliphatic heterocycles. The SMILES string of the molecule is O=C(O)[AsH].[Cu]. The molecular formula is CH2AsCuO2. The molecule has 2 nitrogen and oxygen atoms in total. The van der Waals surface area contributed by atoms with Crippen molar-refractivity contribution in [3.63, 3.8) is 0 Å². The summed E-state index contributed by atoms with van der Waals surface area (Å²) in [6.07, 6.45) is 0. The molecule has 0 aromatic carbocycles. The first-order valence-electron chi connectivity index (χ1n) is 0.678. The summed E-state index contributed by atoms with van der Waals surface area (Å²) in [4.78, 5) is 9.00. The van der Waals surface area contributed by atoms with Crippen molar-refractivity contribution < 1.29 is 27.0 Å². The average Bonchev–Trinajstić information content (AvgIpc) is 0.811. The van der Waals surface area contributed by atoms with Crippen LogP contribution >= 0.6 is 0 Å². The first-order chi connectivity index (χ1) is 1.73. The van der Waals surface area contributed by atoms with Crippen LogP contribution < -0.4 is 0 Å². The molecule has 1 N–H and O–H groups in total. The first kappa shape index (κ1) is 9.12. The van der Waals surface area contributed by atoms with Crippen LogP contribution in [0.1, 0.15) is 0 Å². The Kier molecular flexibility index (Phi) is 8.29. The quantitative estimate of drug-likeness (QED) is 0.519. The van der Waals surface area contributed by atoms with Gasteiger partial charge in [-0.2, -0.15) is 0 Å². The Morgan fingerprint density at radius 1 is 1.80 bits per heavy atom. The largest absolute Gasteiger partial charge is 0 e. The van der Waals surface area contributed by atoms with Gasteiger partial charge in [-0.25, -0.2) is 0 Å². The second-order valence-corrected chi connectivity index (χ2v) is 1.20. The minimum Gasteiger partial charge on any atom is 0 e. The van der Waals surface area contributed by atoms with E-state index in [1.807, 2.05) is 0 Å². The molecule has 0 amide bonds. The minimum atomic E-state index is -0.833. The molecule has 5 heavy (non-hydrogen) atoms. The van der Waals surface area contributed by atoms with E-state index in [-0.39, 0.29) is 17.1 Å². The molecule has 34 valence electrons. The Labute approximate surface area is 48.9 Å². The maximum absolute atomic E-state index is 9.00. The second-order valence-electron chi connectivity index (χ2n) is 0.305. The summed E-state index contributed by atoms with van der Waals surface area (Å²) in [6.45, 7) is 0. The molecule has 0 saturated carbocycles. The Hall–Kier alpha value is 0.548. The van der Waals surface area contributed by atoms with Crippen molar-refractivity contribution in [3.05, 3.63) is 0 Å². The molecule has 0 saturated heterocycles. The van der Waals surface area contributed by atoms with E-state index in [2.05, 4.69) is 0 Å². The summed E-state index contributed by atoms with van der Waals surface area (Å²) in [5, 5.41) is 7.42. The van der Waals surface area contributed by atoms with Crippen molar-refractivity contribution in [2.75, 3.05) is 0 Å². The van der Waals surface area contributed by atoms with Crippen LogP contribution in [0.5, 0.6) is 0 Å². The van der Waals surface area contributed by atoms with E-state index in [1.165, 1.54) is 0 Å². The van der Waals surface area contributed by atoms with E-state index < -0.39 is 4.76 Å². The summed E-state index contributed by atoms with van der Waals surface area (Å²) >= 11 is 1.08. The smallest absolute Gasteiger partial charge is 0 e. The second kappa shape index (κ2) is 4.55. The van der Waals surface area contributed by atoms with Crippen molar-refractivity contribution in [2.45, 2.75) is 0 Å². The van der Waals surface area contributed by atoms with Gasteiger partial charge < -0.3 is 0 Å². The van der Waals surface area contributed by atoms with Crippen molar-refractivity contribution in [3.8, 4) is 0 Å². The van der Waals surface area contributed by atoms with Crippen LogP contribution in [0.25, 0.3) is 0 Å². The van der Waals surface area contributed by atoms with Gasteiger partial charge in [0, 0.05) is 17.1 Å². The van der Waals surface area contributed by atoms with Crippen LogP contribution in [-0.2, 0) is 17.1 Å². The van der Waals surface area contributed by atoms with Crippen molar-refractivity contribution in [2.24, 2.45) is 0 Å². The van der Waals surface area contributed by atoms with Crippen molar-refractivity contribution in [1.29, 1.82) is 0 Å². The summed E-state index contributed by atoms with van der Waals surface area (Å²) in [5.74, 6) is 0. The number of hydrogen-bond donors (Lipinski definition) is 1. The van der Waals surface area contributed by atoms with Gasteiger partial charge in [-0.15, -0.1) is 0 Å². The Morgan fingerprint density at radius 3 is 1.80 bits per heavy atom. The molecule has 0 spiro atoms. The van der Waals surface area contributed by atoms with Gasteiger partial charge in [0.15, 0.2) is 0 Å². The maximum atomic E-state index is 9.00. The minimum absolute atomic E-state index is 0. The molecule has 0 rings (SSSR count). The Morgan fingerprint density at radius 2 is 1.80 bits per heavy atom. The standard InChI is InChI=1S/CH2AsO2.Cu/c2-1(3)4;/h2H,(H,3,4);. The Bertz CT molecular complexity index is 32.6. The zero-order valence-corrected chi connectivity index (χ0v) is 5.20. The van der Waals surface area contributed by atoms with Crippen LogP contribution in [0.15, 0.2) is 0 Å². The summed E-state index contributed by atoms with van der Waals surface area (Å²) in [7, 11) is 0. The molecular weight excluding hydrogens is 182 g/mol. The van der Waals surface area contributed by atoms with E-state index in [1.54, 1.807) is 0 Å². The fraction of sp³-hybridized carbons (Fsp3) is 0. The first-order valence-corrected chi connectivity index (χ1v) is 1.73. The third-order valence-electron chi connectivity index (χ3n) is 0. The maximum Gasteiger partial charge on any atom is 0 e. The predicted molar refractivity (Wildman–Crippen MR) is 15.2 cm³/mol. The van der Waals surface area contributed by atoms with E-state index in [4.69, 9.17) is 9.90 Å². The van der Waals surface area contributed by atoms with Gasteiger partial charge >= 0.3 is 31.5 Å². The number of hydrogen-bond acceptors (Lipinski definition) is 1. The molecule has 4 heteroatoms. The van der Waals surface area contributed by atoms with E-state index >= 15 is 0 Å². The summed E-state index contributed by atoms with van der Waals surface area (Å²) in [6, 6.07) is 0. The number of carboxylic acid groups (broad SMARTS) is 1. The Balaban J connectivity index is 0. The zero-order chi connectivity index (χ0) is 3.58. The topological polar surface area (TPSA) is 37.3 Å². The van der Waals surface area contributed by atoms with Gasteiger partial charge in [0.05, 0.1) is 0 Å². The van der Waals surface area contributed by atoms with Gasteiger partial charge in [0.25, 0.3) is 0 Å². The van der Waals surface area contributed by atoms with Crippen LogP contribution in [0.4, 0.5) is 4.79 Å². The fourth-order valence-corrected chi connectivity index (χ4v) is 0. The van der Waals surface area contributed by atoms with Crippen LogP contribution in [0.3, 0.4) is 0 Å². The van der Waals surface area contributed by atoms with Gasteiger partial charge in [0.2, 0.25) is 0 Å². The van der Waals surface area contributed by atoms with E-state index in [9.17, 15) is 0 Å². The van der Waals surface area contributed by atoms with E-state index in [0.29, 0.717) is 0 Å². The number of carbonyl (C=O) groups is 1. The summed E-state index contributed by atoms with van der Waals surface area (Å²) < 4.78 is -0.833. The average molecular weight is 184 g/mol. The molecule has 0 aliphatic carbocycles. The molecule has 0 unspecified atom stereocenters. The van der Waals surface area contributed by atoms with Crippen LogP contribution in [0, 0.1) is 0 Å². The number of rotatable bonds is 0. The van der Waals surface area contributed by atoms with Crippen molar-refractivity contribution >= 4 is 21.6 Å². The van der Waals surface area contributed by atoms with Gasteiger partial charge in [-0.1, -0.05) is 0 Å². The predicted octanol–water partition coefficient (Wildman–Crippen LogP) is -0.437. The zero-order valence-electron chi connectivity index (χ0n) is 2.16. The molecule has 0 bridgehead atoms. The molecule has 0 fully saturated rings. The molecule has 0 aromatic heterocycles. The van der Waals surface area contributed by atoms with E-state index in [0.717, 1.165) is 16.9 Å². The van der Waals surface area contributed by atoms with Gasteiger partial charge in [0.1, 0.15) is 0 Å². The third kappa shape index (κ3) is 98.3. The van der Waals surface area contributed by atoms with Gasteiger partial charge in [-0.05, 0) is 0 Å². The monoisotopic (exact) mass is 184 g/mol. The van der Waals surface area contributed by atoms with Crippen molar-refractivity contribution in [1.82, 2.24) is 0 Å². The molecule has 0 aliphatic rings. The van der Waals surface area contributed by atoms with Gasteiger partial charge in [-0.3, -0.25) is 0 Å². The fourth-order valence-electron chi connectivity index (χ4n) is 0. The molecule has 0 atom stereocenters. The molecule has 0 aromatic rings. The summed E-state index contributed by atoms with van der Waals surface area (Å²) in [5.41, 5.74) is 0. The third-order valence-corrected chi connectivity index (χ3v) is 0. The molecule has 2 radical (unpaired) electrons. The van der Waals surface area contributed by atoms with Crippen LogP contribution in [0.2, 0.25) is 0 Å².